The maximum absolute atomic E-state index is 11.6. The molecule has 1 aliphatic rings. The van der Waals surface area contributed by atoms with Crippen LogP contribution < -0.4 is 5.32 Å². The van der Waals surface area contributed by atoms with Gasteiger partial charge < -0.3 is 14.8 Å². The van der Waals surface area contributed by atoms with Gasteiger partial charge in [0.25, 0.3) is 0 Å². The second kappa shape index (κ2) is 7.08. The number of hydrogen-bond donors (Lipinski definition) is 1. The van der Waals surface area contributed by atoms with Gasteiger partial charge in [-0.15, -0.1) is 11.3 Å². The number of amides is 1. The fraction of sp³-hybridized carbons (Fsp3) is 0.636. The van der Waals surface area contributed by atoms with Crippen LogP contribution in [0.3, 0.4) is 0 Å². The van der Waals surface area contributed by atoms with E-state index in [0.717, 1.165) is 17.9 Å². The van der Waals surface area contributed by atoms with Crippen molar-refractivity contribution in [2.45, 2.75) is 19.6 Å². The third kappa shape index (κ3) is 4.56. The topological polar surface area (TPSA) is 60.5 Å². The number of hydrogen-bond acceptors (Lipinski definition) is 6. The zero-order valence-corrected chi connectivity index (χ0v) is 11.8. The predicted octanol–water partition coefficient (Wildman–Crippen LogP) is 1.89. The summed E-state index contributed by atoms with van der Waals surface area (Å²) in [7, 11) is 0. The number of thioether (sulfide) groups is 1. The van der Waals surface area contributed by atoms with E-state index in [9.17, 15) is 4.79 Å². The van der Waals surface area contributed by atoms with Crippen molar-refractivity contribution in [3.8, 4) is 0 Å². The Bertz CT molecular complexity index is 391. The molecule has 0 atom stereocenters. The molecule has 1 N–H and O–H groups in total. The molecule has 1 aromatic rings. The zero-order chi connectivity index (χ0) is 12.8. The maximum atomic E-state index is 11.6. The standard InChI is InChI=1S/C11H16N2O3S2/c1-8-6-18-11(12-8)13-9(14)7-17-5-2-10-15-3-4-16-10/h6,10H,2-5,7H2,1H3,(H,12,13,14). The normalized spacial score (nSPS) is 16.1. The van der Waals surface area contributed by atoms with Crippen molar-refractivity contribution in [3.63, 3.8) is 0 Å². The number of nitrogens with zero attached hydrogens (tertiary/aromatic N) is 1. The molecule has 1 aliphatic heterocycles. The molecule has 7 heteroatoms. The first-order valence-electron chi connectivity index (χ1n) is 5.77. The van der Waals surface area contributed by atoms with E-state index in [4.69, 9.17) is 9.47 Å². The van der Waals surface area contributed by atoms with Crippen LogP contribution in [0.4, 0.5) is 5.13 Å². The van der Waals surface area contributed by atoms with E-state index in [1.54, 1.807) is 11.8 Å². The van der Waals surface area contributed by atoms with Crippen LogP contribution in [-0.2, 0) is 14.3 Å². The summed E-state index contributed by atoms with van der Waals surface area (Å²) in [6.45, 7) is 3.26. The highest BCUT2D eigenvalue weighted by Crippen LogP contribution is 2.16. The molecular weight excluding hydrogens is 272 g/mol. The van der Waals surface area contributed by atoms with Crippen LogP contribution in [-0.4, -0.2) is 41.9 Å². The van der Waals surface area contributed by atoms with Gasteiger partial charge >= 0.3 is 0 Å². The molecule has 0 saturated carbocycles. The van der Waals surface area contributed by atoms with Crippen LogP contribution in [0.15, 0.2) is 5.38 Å². The SMILES string of the molecule is Cc1csc(NC(=O)CSCCC2OCCO2)n1. The molecule has 1 amide bonds. The van der Waals surface area contributed by atoms with E-state index in [1.807, 2.05) is 12.3 Å². The minimum Gasteiger partial charge on any atom is -0.350 e. The molecule has 0 spiro atoms. The number of rotatable bonds is 6. The Kier molecular flexibility index (Phi) is 5.43. The molecule has 0 aliphatic carbocycles. The van der Waals surface area contributed by atoms with Gasteiger partial charge in [-0.3, -0.25) is 4.79 Å². The molecule has 2 heterocycles. The van der Waals surface area contributed by atoms with Crippen molar-refractivity contribution >= 4 is 34.1 Å². The number of anilines is 1. The fourth-order valence-corrected chi connectivity index (χ4v) is 2.95. The summed E-state index contributed by atoms with van der Waals surface area (Å²) in [4.78, 5) is 15.8. The zero-order valence-electron chi connectivity index (χ0n) is 10.2. The highest BCUT2D eigenvalue weighted by Gasteiger charge is 2.15. The Labute approximate surface area is 114 Å². The summed E-state index contributed by atoms with van der Waals surface area (Å²) in [6.07, 6.45) is 0.746. The average molecular weight is 288 g/mol. The van der Waals surface area contributed by atoms with Crippen LogP contribution in [0.5, 0.6) is 0 Å². The molecule has 5 nitrogen and oxygen atoms in total. The van der Waals surface area contributed by atoms with E-state index in [0.29, 0.717) is 24.1 Å². The highest BCUT2D eigenvalue weighted by atomic mass is 32.2. The van der Waals surface area contributed by atoms with Gasteiger partial charge in [-0.1, -0.05) is 0 Å². The molecule has 0 unspecified atom stereocenters. The number of nitrogens with one attached hydrogen (secondary N) is 1. The van der Waals surface area contributed by atoms with Crippen molar-refractivity contribution in [2.75, 3.05) is 30.0 Å². The first-order valence-corrected chi connectivity index (χ1v) is 7.80. The summed E-state index contributed by atoms with van der Waals surface area (Å²) in [5.41, 5.74) is 0.929. The minimum absolute atomic E-state index is 0.0115. The third-order valence-electron chi connectivity index (χ3n) is 2.29. The number of aryl methyl sites for hydroxylation is 1. The summed E-state index contributed by atoms with van der Waals surface area (Å²) < 4.78 is 10.6. The highest BCUT2D eigenvalue weighted by molar-refractivity contribution is 7.99. The molecule has 0 bridgehead atoms. The van der Waals surface area contributed by atoms with Gasteiger partial charge in [0.05, 0.1) is 24.7 Å². The van der Waals surface area contributed by atoms with Crippen LogP contribution in [0.25, 0.3) is 0 Å². The van der Waals surface area contributed by atoms with Crippen LogP contribution >= 0.6 is 23.1 Å². The van der Waals surface area contributed by atoms with Crippen LogP contribution in [0, 0.1) is 6.92 Å². The summed E-state index contributed by atoms with van der Waals surface area (Å²) in [6, 6.07) is 0. The van der Waals surface area contributed by atoms with Gasteiger partial charge in [0.2, 0.25) is 5.91 Å². The van der Waals surface area contributed by atoms with Crippen molar-refractivity contribution in [1.29, 1.82) is 0 Å². The summed E-state index contributed by atoms with van der Waals surface area (Å²) in [5.74, 6) is 1.28. The van der Waals surface area contributed by atoms with Crippen molar-refractivity contribution in [2.24, 2.45) is 0 Å². The Morgan fingerprint density at radius 1 is 1.61 bits per heavy atom. The van der Waals surface area contributed by atoms with Gasteiger partial charge in [-0.05, 0) is 12.7 Å². The Hall–Kier alpha value is -0.630. The molecule has 1 fully saturated rings. The fourth-order valence-electron chi connectivity index (χ4n) is 1.49. The largest absolute Gasteiger partial charge is 0.350 e. The first-order chi connectivity index (χ1) is 8.74. The number of carbonyl (C=O) groups is 1. The lowest BCUT2D eigenvalue weighted by molar-refractivity contribution is -0.113. The number of carbonyl (C=O) groups excluding carboxylic acids is 1. The van der Waals surface area contributed by atoms with E-state index in [2.05, 4.69) is 10.3 Å². The van der Waals surface area contributed by atoms with Crippen molar-refractivity contribution in [3.05, 3.63) is 11.1 Å². The van der Waals surface area contributed by atoms with Crippen molar-refractivity contribution in [1.82, 2.24) is 4.98 Å². The van der Waals surface area contributed by atoms with Crippen LogP contribution in [0.2, 0.25) is 0 Å². The minimum atomic E-state index is -0.0813. The lowest BCUT2D eigenvalue weighted by atomic mass is 10.5. The van der Waals surface area contributed by atoms with E-state index in [1.165, 1.54) is 11.3 Å². The Morgan fingerprint density at radius 3 is 3.06 bits per heavy atom. The Morgan fingerprint density at radius 2 is 2.39 bits per heavy atom. The molecule has 0 radical (unpaired) electrons. The number of ether oxygens (including phenoxy) is 2. The predicted molar refractivity (Wildman–Crippen MR) is 73.1 cm³/mol. The van der Waals surface area contributed by atoms with E-state index < -0.39 is 0 Å². The lowest BCUT2D eigenvalue weighted by Crippen LogP contribution is -2.15. The lowest BCUT2D eigenvalue weighted by Gasteiger charge is -2.07. The van der Waals surface area contributed by atoms with Crippen LogP contribution in [0.1, 0.15) is 12.1 Å². The molecule has 0 aromatic carbocycles. The molecule has 18 heavy (non-hydrogen) atoms. The molecular formula is C11H16N2O3S2. The van der Waals surface area contributed by atoms with Gasteiger partial charge in [0, 0.05) is 11.8 Å². The van der Waals surface area contributed by atoms with Gasteiger partial charge in [-0.25, -0.2) is 4.98 Å². The van der Waals surface area contributed by atoms with Gasteiger partial charge in [-0.2, -0.15) is 11.8 Å². The molecule has 1 aromatic heterocycles. The molecule has 1 saturated heterocycles. The van der Waals surface area contributed by atoms with E-state index >= 15 is 0 Å². The number of aromatic nitrogens is 1. The summed E-state index contributed by atoms with van der Waals surface area (Å²) >= 11 is 3.02. The first kappa shape index (κ1) is 13.8. The second-order valence-corrected chi connectivity index (χ2v) is 5.82. The van der Waals surface area contributed by atoms with E-state index in [-0.39, 0.29) is 12.2 Å². The van der Waals surface area contributed by atoms with Gasteiger partial charge in [0.15, 0.2) is 11.4 Å². The van der Waals surface area contributed by atoms with Gasteiger partial charge in [0.1, 0.15) is 0 Å². The maximum Gasteiger partial charge on any atom is 0.236 e. The smallest absolute Gasteiger partial charge is 0.236 e. The quantitative estimate of drug-likeness (QED) is 0.810. The second-order valence-electron chi connectivity index (χ2n) is 3.85. The average Bonchev–Trinajstić information content (AvgIpc) is 2.96. The molecule has 100 valence electrons. The summed E-state index contributed by atoms with van der Waals surface area (Å²) in [5, 5.41) is 5.36. The molecule has 2 rings (SSSR count). The Balaban J connectivity index is 1.57. The third-order valence-corrected chi connectivity index (χ3v) is 4.15. The van der Waals surface area contributed by atoms with Crippen molar-refractivity contribution < 1.29 is 14.3 Å². The number of thiazole rings is 1. The monoisotopic (exact) mass is 288 g/mol.